The molecular formula is C14H19ClFNO3. The molecule has 2 unspecified atom stereocenters. The van der Waals surface area contributed by atoms with Gasteiger partial charge in [-0.1, -0.05) is 11.6 Å². The zero-order valence-corrected chi connectivity index (χ0v) is 11.9. The zero-order chi connectivity index (χ0) is 14.4. The molecule has 0 bridgehead atoms. The van der Waals surface area contributed by atoms with Crippen molar-refractivity contribution in [2.24, 2.45) is 0 Å². The molecule has 2 atom stereocenters. The Hall–Kier alpha value is -0.880. The Balaban J connectivity index is 1.66. The lowest BCUT2D eigenvalue weighted by molar-refractivity contribution is -0.0137. The molecule has 1 aliphatic heterocycles. The molecule has 1 aromatic carbocycles. The number of rotatable bonds is 7. The van der Waals surface area contributed by atoms with Gasteiger partial charge in [-0.05, 0) is 31.0 Å². The van der Waals surface area contributed by atoms with Gasteiger partial charge in [-0.25, -0.2) is 4.39 Å². The molecule has 0 radical (unpaired) electrons. The van der Waals surface area contributed by atoms with Crippen LogP contribution in [0, 0.1) is 5.82 Å². The number of hydrogen-bond acceptors (Lipinski definition) is 4. The van der Waals surface area contributed by atoms with Crippen LogP contribution in [0.3, 0.4) is 0 Å². The van der Waals surface area contributed by atoms with Crippen molar-refractivity contribution in [2.75, 3.05) is 31.7 Å². The van der Waals surface area contributed by atoms with E-state index in [-0.39, 0.29) is 25.1 Å². The van der Waals surface area contributed by atoms with Crippen molar-refractivity contribution in [1.29, 1.82) is 0 Å². The summed E-state index contributed by atoms with van der Waals surface area (Å²) >= 11 is 5.91. The lowest BCUT2D eigenvalue weighted by Gasteiger charge is -2.15. The van der Waals surface area contributed by atoms with Gasteiger partial charge in [0, 0.05) is 13.2 Å². The van der Waals surface area contributed by atoms with Gasteiger partial charge >= 0.3 is 0 Å². The van der Waals surface area contributed by atoms with Crippen molar-refractivity contribution in [3.05, 3.63) is 29.0 Å². The Morgan fingerprint density at radius 2 is 2.40 bits per heavy atom. The quantitative estimate of drug-likeness (QED) is 0.812. The zero-order valence-electron chi connectivity index (χ0n) is 11.1. The first-order valence-corrected chi connectivity index (χ1v) is 7.09. The first-order chi connectivity index (χ1) is 9.65. The second-order valence-corrected chi connectivity index (χ2v) is 5.24. The van der Waals surface area contributed by atoms with Gasteiger partial charge < -0.3 is 19.9 Å². The first-order valence-electron chi connectivity index (χ1n) is 6.71. The molecule has 0 amide bonds. The highest BCUT2D eigenvalue weighted by Gasteiger charge is 2.16. The molecule has 2 rings (SSSR count). The number of aliphatic hydroxyl groups excluding tert-OH is 1. The smallest absolute Gasteiger partial charge is 0.125 e. The molecule has 1 fully saturated rings. The molecule has 6 heteroatoms. The Kier molecular flexibility index (Phi) is 6.04. The van der Waals surface area contributed by atoms with Crippen molar-refractivity contribution < 1.29 is 19.0 Å². The molecule has 0 aromatic heterocycles. The van der Waals surface area contributed by atoms with Crippen LogP contribution >= 0.6 is 11.6 Å². The summed E-state index contributed by atoms with van der Waals surface area (Å²) in [6.45, 7) is 1.74. The fourth-order valence-corrected chi connectivity index (χ4v) is 2.22. The van der Waals surface area contributed by atoms with Crippen molar-refractivity contribution in [2.45, 2.75) is 25.0 Å². The van der Waals surface area contributed by atoms with Crippen LogP contribution in [0.5, 0.6) is 0 Å². The minimum atomic E-state index is -0.685. The molecule has 1 aromatic rings. The van der Waals surface area contributed by atoms with Gasteiger partial charge in [0.05, 0.1) is 36.1 Å². The van der Waals surface area contributed by atoms with Gasteiger partial charge in [-0.3, -0.25) is 0 Å². The second-order valence-electron chi connectivity index (χ2n) is 4.83. The highest BCUT2D eigenvalue weighted by Crippen LogP contribution is 2.22. The summed E-state index contributed by atoms with van der Waals surface area (Å²) in [6.07, 6.45) is 1.53. The molecule has 0 spiro atoms. The molecular weight excluding hydrogens is 285 g/mol. The maximum absolute atomic E-state index is 13.0. The van der Waals surface area contributed by atoms with Crippen LogP contribution in [0.4, 0.5) is 10.1 Å². The Morgan fingerprint density at radius 3 is 3.15 bits per heavy atom. The first kappa shape index (κ1) is 15.5. The minimum Gasteiger partial charge on any atom is -0.389 e. The molecule has 0 saturated carbocycles. The monoisotopic (exact) mass is 303 g/mol. The van der Waals surface area contributed by atoms with E-state index in [1.165, 1.54) is 18.2 Å². The Morgan fingerprint density at radius 1 is 1.55 bits per heavy atom. The van der Waals surface area contributed by atoms with E-state index in [1.807, 2.05) is 0 Å². The molecule has 0 aliphatic carbocycles. The fourth-order valence-electron chi connectivity index (χ4n) is 2.03. The molecule has 4 nitrogen and oxygen atoms in total. The van der Waals surface area contributed by atoms with Gasteiger partial charge in [0.25, 0.3) is 0 Å². The normalized spacial score (nSPS) is 20.1. The van der Waals surface area contributed by atoms with Gasteiger partial charge in [0.1, 0.15) is 5.82 Å². The predicted molar refractivity (Wildman–Crippen MR) is 75.7 cm³/mol. The summed E-state index contributed by atoms with van der Waals surface area (Å²) < 4.78 is 23.9. The largest absolute Gasteiger partial charge is 0.389 e. The molecule has 1 saturated heterocycles. The third kappa shape index (κ3) is 4.90. The SMILES string of the molecule is OC(CNc1cc(F)ccc1Cl)COCC1CCCO1. The Labute approximate surface area is 122 Å². The van der Waals surface area contributed by atoms with E-state index in [1.54, 1.807) is 0 Å². The number of benzene rings is 1. The Bertz CT molecular complexity index is 427. The molecule has 112 valence electrons. The lowest BCUT2D eigenvalue weighted by Crippen LogP contribution is -2.27. The maximum atomic E-state index is 13.0. The van der Waals surface area contributed by atoms with Crippen molar-refractivity contribution in [1.82, 2.24) is 0 Å². The van der Waals surface area contributed by atoms with Crippen LogP contribution in [0.1, 0.15) is 12.8 Å². The van der Waals surface area contributed by atoms with E-state index in [2.05, 4.69) is 5.32 Å². The van der Waals surface area contributed by atoms with E-state index >= 15 is 0 Å². The van der Waals surface area contributed by atoms with Crippen LogP contribution in [0.15, 0.2) is 18.2 Å². The predicted octanol–water partition coefficient (Wildman–Crippen LogP) is 2.45. The van der Waals surface area contributed by atoms with Crippen molar-refractivity contribution in [3.8, 4) is 0 Å². The minimum absolute atomic E-state index is 0.146. The summed E-state index contributed by atoms with van der Waals surface area (Å²) in [5.41, 5.74) is 0.463. The third-order valence-electron chi connectivity index (χ3n) is 3.09. The topological polar surface area (TPSA) is 50.7 Å². The molecule has 20 heavy (non-hydrogen) atoms. The maximum Gasteiger partial charge on any atom is 0.125 e. The number of halogens is 2. The van der Waals surface area contributed by atoms with E-state index < -0.39 is 6.10 Å². The highest BCUT2D eigenvalue weighted by atomic mass is 35.5. The number of hydrogen-bond donors (Lipinski definition) is 2. The van der Waals surface area contributed by atoms with Crippen molar-refractivity contribution in [3.63, 3.8) is 0 Å². The van der Waals surface area contributed by atoms with Crippen molar-refractivity contribution >= 4 is 17.3 Å². The average Bonchev–Trinajstić information content (AvgIpc) is 2.93. The summed E-state index contributed by atoms with van der Waals surface area (Å²) in [6, 6.07) is 4.05. The summed E-state index contributed by atoms with van der Waals surface area (Å²) in [5.74, 6) is -0.374. The molecule has 2 N–H and O–H groups in total. The van der Waals surface area contributed by atoms with E-state index in [0.29, 0.717) is 17.3 Å². The van der Waals surface area contributed by atoms with E-state index in [4.69, 9.17) is 21.1 Å². The number of ether oxygens (including phenoxy) is 2. The second kappa shape index (κ2) is 7.78. The van der Waals surface area contributed by atoms with Gasteiger partial charge in [-0.2, -0.15) is 0 Å². The van der Waals surface area contributed by atoms with Crippen LogP contribution in [-0.2, 0) is 9.47 Å². The van der Waals surface area contributed by atoms with E-state index in [0.717, 1.165) is 19.4 Å². The van der Waals surface area contributed by atoms with Crippen LogP contribution < -0.4 is 5.32 Å². The average molecular weight is 304 g/mol. The van der Waals surface area contributed by atoms with Crippen LogP contribution in [0.2, 0.25) is 5.02 Å². The summed E-state index contributed by atoms with van der Waals surface area (Å²) in [5, 5.41) is 13.1. The summed E-state index contributed by atoms with van der Waals surface area (Å²) in [7, 11) is 0. The van der Waals surface area contributed by atoms with Gasteiger partial charge in [-0.15, -0.1) is 0 Å². The highest BCUT2D eigenvalue weighted by molar-refractivity contribution is 6.33. The van der Waals surface area contributed by atoms with Gasteiger partial charge in [0.15, 0.2) is 0 Å². The molecule has 1 aliphatic rings. The van der Waals surface area contributed by atoms with Gasteiger partial charge in [0.2, 0.25) is 0 Å². The number of aliphatic hydroxyl groups is 1. The number of anilines is 1. The van der Waals surface area contributed by atoms with Crippen LogP contribution in [0.25, 0.3) is 0 Å². The molecule has 1 heterocycles. The fraction of sp³-hybridized carbons (Fsp3) is 0.571. The number of nitrogens with one attached hydrogen (secondary N) is 1. The summed E-state index contributed by atoms with van der Waals surface area (Å²) in [4.78, 5) is 0. The van der Waals surface area contributed by atoms with Crippen LogP contribution in [-0.4, -0.2) is 43.7 Å². The lowest BCUT2D eigenvalue weighted by atomic mass is 10.2. The van der Waals surface area contributed by atoms with E-state index in [9.17, 15) is 9.50 Å². The standard InChI is InChI=1S/C14H19ClFNO3/c15-13-4-3-10(16)6-14(13)17-7-11(18)8-19-9-12-2-1-5-20-12/h3-4,6,11-12,17-18H,1-2,5,7-9H2. The third-order valence-corrected chi connectivity index (χ3v) is 3.42.